The van der Waals surface area contributed by atoms with Gasteiger partial charge in [0.05, 0.1) is 22.8 Å². The number of benzene rings is 1. The lowest BCUT2D eigenvalue weighted by atomic mass is 9.88. The number of amides is 1. The zero-order valence-corrected chi connectivity index (χ0v) is 14.4. The fraction of sp³-hybridized carbons (Fsp3) is 0.438. The Morgan fingerprint density at radius 3 is 2.65 bits per heavy atom. The molecule has 1 amide bonds. The first-order valence-electron chi connectivity index (χ1n) is 7.32. The molecule has 0 spiro atoms. The molecule has 23 heavy (non-hydrogen) atoms. The largest absolute Gasteiger partial charge is 0.348 e. The summed E-state index contributed by atoms with van der Waals surface area (Å²) in [5.74, 6) is -0.0614. The third kappa shape index (κ3) is 4.09. The van der Waals surface area contributed by atoms with Gasteiger partial charge in [-0.2, -0.15) is 0 Å². The highest BCUT2D eigenvalue weighted by Crippen LogP contribution is 2.14. The molecule has 0 aliphatic carbocycles. The van der Waals surface area contributed by atoms with Crippen LogP contribution in [0.2, 0.25) is 0 Å². The van der Waals surface area contributed by atoms with Gasteiger partial charge in [0.1, 0.15) is 6.54 Å². The van der Waals surface area contributed by atoms with Crippen LogP contribution < -0.4 is 16.6 Å². The first-order valence-corrected chi connectivity index (χ1v) is 7.32. The van der Waals surface area contributed by atoms with Gasteiger partial charge in [0, 0.05) is 6.54 Å². The van der Waals surface area contributed by atoms with Crippen molar-refractivity contribution in [1.29, 1.82) is 0 Å². The molecular weight excluding hydrogens is 316 g/mol. The second-order valence-electron chi connectivity index (χ2n) is 6.02. The van der Waals surface area contributed by atoms with E-state index in [1.54, 1.807) is 18.2 Å². The quantitative estimate of drug-likeness (QED) is 0.860. The molecule has 1 atom stereocenters. The SMILES string of the molecule is CC(C)C(C)(CN)NC(=O)Cn1cnc2ccccc2c1=O.Cl. The summed E-state index contributed by atoms with van der Waals surface area (Å²) < 4.78 is 1.31. The molecule has 1 aromatic carbocycles. The summed E-state index contributed by atoms with van der Waals surface area (Å²) in [6.07, 6.45) is 1.40. The molecule has 7 heteroatoms. The smallest absolute Gasteiger partial charge is 0.261 e. The van der Waals surface area contributed by atoms with Crippen molar-refractivity contribution in [2.24, 2.45) is 11.7 Å². The van der Waals surface area contributed by atoms with E-state index >= 15 is 0 Å². The molecule has 0 aliphatic rings. The number of halogens is 1. The van der Waals surface area contributed by atoms with Crippen LogP contribution in [-0.2, 0) is 11.3 Å². The standard InChI is InChI=1S/C16H22N4O2.ClH/c1-11(2)16(3,9-17)19-14(21)8-20-10-18-13-7-5-4-6-12(13)15(20)22;/h4-7,10-11H,8-9,17H2,1-3H3,(H,19,21);1H. The Morgan fingerprint density at radius 1 is 1.39 bits per heavy atom. The Morgan fingerprint density at radius 2 is 2.04 bits per heavy atom. The normalized spacial score (nSPS) is 13.4. The zero-order valence-electron chi connectivity index (χ0n) is 13.6. The molecular formula is C16H23ClN4O2. The number of rotatable bonds is 5. The molecule has 0 radical (unpaired) electrons. The van der Waals surface area contributed by atoms with Gasteiger partial charge in [-0.3, -0.25) is 14.2 Å². The Kier molecular flexibility index (Phi) is 6.29. The van der Waals surface area contributed by atoms with Gasteiger partial charge in [0.15, 0.2) is 0 Å². The molecule has 1 heterocycles. The second-order valence-corrected chi connectivity index (χ2v) is 6.02. The Bertz CT molecular complexity index is 744. The van der Waals surface area contributed by atoms with Gasteiger partial charge in [-0.1, -0.05) is 26.0 Å². The first-order chi connectivity index (χ1) is 10.4. The van der Waals surface area contributed by atoms with E-state index in [1.807, 2.05) is 26.8 Å². The maximum absolute atomic E-state index is 12.4. The summed E-state index contributed by atoms with van der Waals surface area (Å²) in [7, 11) is 0. The van der Waals surface area contributed by atoms with Crippen LogP contribution in [0.25, 0.3) is 10.9 Å². The van der Waals surface area contributed by atoms with E-state index < -0.39 is 5.54 Å². The molecule has 0 saturated heterocycles. The maximum Gasteiger partial charge on any atom is 0.261 e. The number of hydrogen-bond acceptors (Lipinski definition) is 4. The number of nitrogens with one attached hydrogen (secondary N) is 1. The van der Waals surface area contributed by atoms with Crippen molar-refractivity contribution in [1.82, 2.24) is 14.9 Å². The molecule has 6 nitrogen and oxygen atoms in total. The summed E-state index contributed by atoms with van der Waals surface area (Å²) in [6, 6.07) is 7.07. The van der Waals surface area contributed by atoms with Crippen LogP contribution in [0.5, 0.6) is 0 Å². The highest BCUT2D eigenvalue weighted by atomic mass is 35.5. The Balaban J connectivity index is 0.00000264. The minimum absolute atomic E-state index is 0. The lowest BCUT2D eigenvalue weighted by Crippen LogP contribution is -2.56. The summed E-state index contributed by atoms with van der Waals surface area (Å²) in [5.41, 5.74) is 5.66. The monoisotopic (exact) mass is 338 g/mol. The summed E-state index contributed by atoms with van der Waals surface area (Å²) in [5, 5.41) is 3.42. The van der Waals surface area contributed by atoms with E-state index in [1.165, 1.54) is 10.9 Å². The average molecular weight is 339 g/mol. The van der Waals surface area contributed by atoms with Gasteiger partial charge in [0.25, 0.3) is 5.56 Å². The van der Waals surface area contributed by atoms with Crippen LogP contribution in [0, 0.1) is 5.92 Å². The number of aromatic nitrogens is 2. The predicted octanol–water partition coefficient (Wildman–Crippen LogP) is 1.31. The van der Waals surface area contributed by atoms with Crippen molar-refractivity contribution in [3.8, 4) is 0 Å². The van der Waals surface area contributed by atoms with Crippen LogP contribution >= 0.6 is 12.4 Å². The van der Waals surface area contributed by atoms with Gasteiger partial charge in [-0.25, -0.2) is 4.98 Å². The molecule has 0 bridgehead atoms. The molecule has 0 fully saturated rings. The van der Waals surface area contributed by atoms with Crippen molar-refractivity contribution >= 4 is 29.2 Å². The molecule has 1 unspecified atom stereocenters. The van der Waals surface area contributed by atoms with Crippen molar-refractivity contribution in [2.45, 2.75) is 32.9 Å². The van der Waals surface area contributed by atoms with Crippen LogP contribution in [0.1, 0.15) is 20.8 Å². The van der Waals surface area contributed by atoms with E-state index in [9.17, 15) is 9.59 Å². The van der Waals surface area contributed by atoms with Crippen LogP contribution in [0.15, 0.2) is 35.4 Å². The average Bonchev–Trinajstić information content (AvgIpc) is 2.50. The number of nitrogens with zero attached hydrogens (tertiary/aromatic N) is 2. The van der Waals surface area contributed by atoms with Crippen molar-refractivity contribution in [3.63, 3.8) is 0 Å². The molecule has 2 rings (SSSR count). The van der Waals surface area contributed by atoms with E-state index in [4.69, 9.17) is 5.73 Å². The predicted molar refractivity (Wildman–Crippen MR) is 93.7 cm³/mol. The zero-order chi connectivity index (χ0) is 16.3. The molecule has 1 aromatic heterocycles. The molecule has 3 N–H and O–H groups in total. The van der Waals surface area contributed by atoms with Gasteiger partial charge in [-0.15, -0.1) is 12.4 Å². The Labute approximate surface area is 141 Å². The fourth-order valence-corrected chi connectivity index (χ4v) is 2.16. The number of carbonyl (C=O) groups excluding carboxylic acids is 1. The number of para-hydroxylation sites is 1. The number of nitrogens with two attached hydrogens (primary N) is 1. The number of carbonyl (C=O) groups is 1. The molecule has 0 aliphatic heterocycles. The summed E-state index contributed by atoms with van der Waals surface area (Å²) in [6.45, 7) is 6.16. The van der Waals surface area contributed by atoms with E-state index in [0.717, 1.165) is 0 Å². The van der Waals surface area contributed by atoms with Crippen LogP contribution in [0.3, 0.4) is 0 Å². The second kappa shape index (κ2) is 7.57. The van der Waals surface area contributed by atoms with Crippen LogP contribution in [0.4, 0.5) is 0 Å². The minimum atomic E-state index is -0.495. The molecule has 2 aromatic rings. The third-order valence-corrected chi connectivity index (χ3v) is 4.17. The van der Waals surface area contributed by atoms with Crippen molar-refractivity contribution in [3.05, 3.63) is 40.9 Å². The van der Waals surface area contributed by atoms with Gasteiger partial charge >= 0.3 is 0 Å². The summed E-state index contributed by atoms with van der Waals surface area (Å²) >= 11 is 0. The number of fused-ring (bicyclic) bond motifs is 1. The third-order valence-electron chi connectivity index (χ3n) is 4.17. The van der Waals surface area contributed by atoms with Crippen molar-refractivity contribution in [2.75, 3.05) is 6.54 Å². The van der Waals surface area contributed by atoms with Gasteiger partial charge < -0.3 is 11.1 Å². The summed E-state index contributed by atoms with van der Waals surface area (Å²) in [4.78, 5) is 28.8. The first kappa shape index (κ1) is 19.1. The van der Waals surface area contributed by atoms with Crippen molar-refractivity contribution < 1.29 is 4.79 Å². The minimum Gasteiger partial charge on any atom is -0.348 e. The van der Waals surface area contributed by atoms with E-state index in [2.05, 4.69) is 10.3 Å². The molecule has 126 valence electrons. The lowest BCUT2D eigenvalue weighted by Gasteiger charge is -2.33. The van der Waals surface area contributed by atoms with Gasteiger partial charge in [0.2, 0.25) is 5.91 Å². The molecule has 0 saturated carbocycles. The highest BCUT2D eigenvalue weighted by molar-refractivity contribution is 5.85. The lowest BCUT2D eigenvalue weighted by molar-refractivity contribution is -0.123. The number of hydrogen-bond donors (Lipinski definition) is 2. The van der Waals surface area contributed by atoms with E-state index in [-0.39, 0.29) is 36.3 Å². The highest BCUT2D eigenvalue weighted by Gasteiger charge is 2.28. The van der Waals surface area contributed by atoms with Crippen LogP contribution in [-0.4, -0.2) is 27.5 Å². The topological polar surface area (TPSA) is 90.0 Å². The fourth-order valence-electron chi connectivity index (χ4n) is 2.16. The maximum atomic E-state index is 12.4. The van der Waals surface area contributed by atoms with Gasteiger partial charge in [-0.05, 0) is 25.0 Å². The Hall–Kier alpha value is -1.92. The van der Waals surface area contributed by atoms with E-state index in [0.29, 0.717) is 17.4 Å².